The molecule has 182 valence electrons. The van der Waals surface area contributed by atoms with E-state index in [1.807, 2.05) is 12.1 Å². The number of rotatable bonds is 7. The van der Waals surface area contributed by atoms with Crippen molar-refractivity contribution in [3.05, 3.63) is 70.7 Å². The molecule has 5 rings (SSSR count). The van der Waals surface area contributed by atoms with E-state index in [0.717, 1.165) is 54.3 Å². The average Bonchev–Trinajstić information content (AvgIpc) is 3.49. The molecule has 4 N–H and O–H groups in total. The summed E-state index contributed by atoms with van der Waals surface area (Å²) < 4.78 is 19.3. The van der Waals surface area contributed by atoms with Crippen LogP contribution in [0.3, 0.4) is 0 Å². The summed E-state index contributed by atoms with van der Waals surface area (Å²) in [5, 5.41) is 12.3. The Hall–Kier alpha value is -3.21. The van der Waals surface area contributed by atoms with Crippen LogP contribution in [0.5, 0.6) is 0 Å². The molecule has 3 heterocycles. The van der Waals surface area contributed by atoms with Crippen molar-refractivity contribution in [2.75, 3.05) is 0 Å². The summed E-state index contributed by atoms with van der Waals surface area (Å²) in [6.45, 7) is 0.643. The van der Waals surface area contributed by atoms with Gasteiger partial charge in [0.2, 0.25) is 0 Å². The lowest BCUT2D eigenvalue weighted by molar-refractivity contribution is -0.115. The molecule has 10 heteroatoms. The molecule has 2 fully saturated rings. The summed E-state index contributed by atoms with van der Waals surface area (Å²) in [5.41, 5.74) is 2.51. The third-order valence-corrected chi connectivity index (χ3v) is 7.09. The summed E-state index contributed by atoms with van der Waals surface area (Å²) in [4.78, 5) is 27.9. The number of imide groups is 1. The van der Waals surface area contributed by atoms with Crippen molar-refractivity contribution in [2.45, 2.75) is 50.6 Å². The molecule has 1 saturated heterocycles. The zero-order valence-corrected chi connectivity index (χ0v) is 19.7. The Morgan fingerprint density at radius 3 is 2.74 bits per heavy atom. The number of carbonyl (C=O) groups excluding carboxylic acids is 2. The van der Waals surface area contributed by atoms with Gasteiger partial charge in [0.05, 0.1) is 11.2 Å². The number of amides is 2. The first-order chi connectivity index (χ1) is 17.0. The number of aliphatic imine (C=N–C) groups is 1. The number of furan rings is 1. The normalized spacial score (nSPS) is 25.5. The Bertz CT molecular complexity index is 1190. The fourth-order valence-corrected chi connectivity index (χ4v) is 5.17. The molecule has 1 aliphatic carbocycles. The molecule has 1 aromatic heterocycles. The van der Waals surface area contributed by atoms with Crippen LogP contribution in [0.2, 0.25) is 0 Å². The Kier molecular flexibility index (Phi) is 7.12. The number of benzene rings is 1. The molecule has 1 atom stereocenters. The maximum atomic E-state index is 13.8. The van der Waals surface area contributed by atoms with Gasteiger partial charge < -0.3 is 15.1 Å². The van der Waals surface area contributed by atoms with Crippen LogP contribution in [-0.2, 0) is 11.3 Å². The molecule has 3 aliphatic rings. The Morgan fingerprint density at radius 1 is 1.17 bits per heavy atom. The Morgan fingerprint density at radius 2 is 2.00 bits per heavy atom. The van der Waals surface area contributed by atoms with Crippen molar-refractivity contribution in [3.63, 3.8) is 0 Å². The molecule has 35 heavy (non-hydrogen) atoms. The van der Waals surface area contributed by atoms with Gasteiger partial charge in [0, 0.05) is 36.1 Å². The number of nitrogens with one attached hydrogen (secondary N) is 4. The van der Waals surface area contributed by atoms with Crippen LogP contribution in [0.25, 0.3) is 11.3 Å². The van der Waals surface area contributed by atoms with Crippen LogP contribution in [0.4, 0.5) is 9.18 Å². The highest BCUT2D eigenvalue weighted by molar-refractivity contribution is 8.18. The van der Waals surface area contributed by atoms with Gasteiger partial charge in [-0.25, -0.2) is 4.39 Å². The van der Waals surface area contributed by atoms with Crippen LogP contribution >= 0.6 is 11.8 Å². The highest BCUT2D eigenvalue weighted by Gasteiger charge is 2.27. The molecule has 1 saturated carbocycles. The van der Waals surface area contributed by atoms with E-state index >= 15 is 0 Å². The van der Waals surface area contributed by atoms with Crippen molar-refractivity contribution in [2.24, 2.45) is 4.99 Å². The fraction of sp³-hybridized carbons (Fsp3) is 0.320. The highest BCUT2D eigenvalue weighted by atomic mass is 32.2. The monoisotopic (exact) mass is 495 g/mol. The van der Waals surface area contributed by atoms with Gasteiger partial charge in [-0.15, -0.1) is 0 Å². The van der Waals surface area contributed by atoms with Gasteiger partial charge in [0.25, 0.3) is 11.1 Å². The Balaban J connectivity index is 1.10. The minimum absolute atomic E-state index is 0.279. The zero-order valence-electron chi connectivity index (χ0n) is 18.9. The summed E-state index contributed by atoms with van der Waals surface area (Å²) >= 11 is 0.893. The van der Waals surface area contributed by atoms with E-state index in [9.17, 15) is 14.0 Å². The van der Waals surface area contributed by atoms with Gasteiger partial charge in [0.15, 0.2) is 6.29 Å². The van der Waals surface area contributed by atoms with Crippen LogP contribution in [0.15, 0.2) is 68.8 Å². The van der Waals surface area contributed by atoms with Gasteiger partial charge in [0.1, 0.15) is 11.6 Å². The van der Waals surface area contributed by atoms with Crippen molar-refractivity contribution < 1.29 is 18.4 Å². The Labute approximate surface area is 206 Å². The molecule has 0 spiro atoms. The first kappa shape index (κ1) is 23.5. The summed E-state index contributed by atoms with van der Waals surface area (Å²) in [5.74, 6) is 0.00804. The molecule has 2 aromatic rings. The van der Waals surface area contributed by atoms with Gasteiger partial charge >= 0.3 is 0 Å². The second kappa shape index (κ2) is 10.6. The average molecular weight is 496 g/mol. The van der Waals surface area contributed by atoms with Crippen molar-refractivity contribution in [1.29, 1.82) is 0 Å². The van der Waals surface area contributed by atoms with Crippen LogP contribution in [0.1, 0.15) is 31.2 Å². The van der Waals surface area contributed by atoms with E-state index in [4.69, 9.17) is 4.42 Å². The number of nitrogens with zero attached hydrogens (tertiary/aromatic N) is 1. The largest absolute Gasteiger partial charge is 0.464 e. The number of hydrogen-bond acceptors (Lipinski definition) is 8. The van der Waals surface area contributed by atoms with Crippen molar-refractivity contribution in [3.8, 4) is 11.3 Å². The number of carbonyl (C=O) groups is 2. The smallest absolute Gasteiger partial charge is 0.290 e. The molecule has 0 radical (unpaired) electrons. The molecule has 0 bridgehead atoms. The predicted molar refractivity (Wildman–Crippen MR) is 133 cm³/mol. The highest BCUT2D eigenvalue weighted by Crippen LogP contribution is 2.27. The third kappa shape index (κ3) is 5.90. The summed E-state index contributed by atoms with van der Waals surface area (Å²) in [6.07, 6.45) is 10.5. The SMILES string of the molecule is O=C1NC(=O)/C(=C/C2=CC=NC(NC3CCC(NCc4ccc(F)cc4-c4ccco4)CC3)N2)S1. The zero-order chi connectivity index (χ0) is 24.2. The van der Waals surface area contributed by atoms with Crippen LogP contribution in [-0.4, -0.2) is 35.7 Å². The molecule has 2 amide bonds. The van der Waals surface area contributed by atoms with Crippen molar-refractivity contribution in [1.82, 2.24) is 21.3 Å². The second-order valence-corrected chi connectivity index (χ2v) is 9.71. The standard InChI is InChI=1S/C25H26FN5O3S/c26-16-4-3-15(20(12-16)21-2-1-11-34-21)14-28-17-5-7-18(8-6-17)29-24-27-10-9-19(30-24)13-22-23(32)31-25(33)35-22/h1-4,9-13,17-18,24,28-30H,5-8,14H2,(H,31,32,33)/b22-13-. The first-order valence-electron chi connectivity index (χ1n) is 11.6. The fourth-order valence-electron chi connectivity index (χ4n) is 4.50. The molecule has 1 unspecified atom stereocenters. The number of halogens is 1. The quantitative estimate of drug-likeness (QED) is 0.433. The first-order valence-corrected chi connectivity index (χ1v) is 12.4. The van der Waals surface area contributed by atoms with Gasteiger partial charge in [-0.05, 0) is 79.4 Å². The van der Waals surface area contributed by atoms with E-state index in [2.05, 4.69) is 26.3 Å². The number of allylic oxidation sites excluding steroid dienone is 2. The molecular formula is C25H26FN5O3S. The van der Waals surface area contributed by atoms with E-state index in [0.29, 0.717) is 29.3 Å². The van der Waals surface area contributed by atoms with E-state index in [1.54, 1.807) is 30.7 Å². The lowest BCUT2D eigenvalue weighted by atomic mass is 9.91. The summed E-state index contributed by atoms with van der Waals surface area (Å²) in [7, 11) is 0. The maximum absolute atomic E-state index is 13.8. The lowest BCUT2D eigenvalue weighted by Gasteiger charge is -2.32. The van der Waals surface area contributed by atoms with Gasteiger partial charge in [-0.2, -0.15) is 0 Å². The third-order valence-electron chi connectivity index (χ3n) is 6.28. The van der Waals surface area contributed by atoms with E-state index < -0.39 is 0 Å². The molecular weight excluding hydrogens is 469 g/mol. The molecule has 1 aromatic carbocycles. The second-order valence-electron chi connectivity index (χ2n) is 8.69. The van der Waals surface area contributed by atoms with E-state index in [1.165, 1.54) is 12.1 Å². The summed E-state index contributed by atoms with van der Waals surface area (Å²) in [6, 6.07) is 9.14. The number of thioether (sulfide) groups is 1. The maximum Gasteiger partial charge on any atom is 0.290 e. The minimum atomic E-state index is -0.377. The van der Waals surface area contributed by atoms with Crippen LogP contribution in [0, 0.1) is 5.82 Å². The lowest BCUT2D eigenvalue weighted by Crippen LogP contribution is -2.49. The molecule has 8 nitrogen and oxygen atoms in total. The van der Waals surface area contributed by atoms with Crippen molar-refractivity contribution >= 4 is 29.1 Å². The topological polar surface area (TPSA) is 108 Å². The molecule has 2 aliphatic heterocycles. The number of hydrogen-bond donors (Lipinski definition) is 4. The predicted octanol–water partition coefficient (Wildman–Crippen LogP) is 3.78. The van der Waals surface area contributed by atoms with Gasteiger partial charge in [-0.1, -0.05) is 6.07 Å². The van der Waals surface area contributed by atoms with Crippen LogP contribution < -0.4 is 21.3 Å². The van der Waals surface area contributed by atoms with Gasteiger partial charge in [-0.3, -0.25) is 25.2 Å². The minimum Gasteiger partial charge on any atom is -0.464 e. The van der Waals surface area contributed by atoms with E-state index in [-0.39, 0.29) is 23.3 Å².